The maximum atomic E-state index is 5.63. The van der Waals surface area contributed by atoms with Crippen molar-refractivity contribution < 1.29 is 4.74 Å². The van der Waals surface area contributed by atoms with Crippen LogP contribution in [0.2, 0.25) is 0 Å². The highest BCUT2D eigenvalue weighted by Crippen LogP contribution is 2.18. The monoisotopic (exact) mass is 153 g/mol. The molecular formula is C7H11N3O. The van der Waals surface area contributed by atoms with E-state index in [1.54, 1.807) is 0 Å². The Morgan fingerprint density at radius 1 is 1.73 bits per heavy atom. The number of anilines is 1. The van der Waals surface area contributed by atoms with E-state index in [9.17, 15) is 0 Å². The normalized spacial score (nSPS) is 18.3. The minimum Gasteiger partial charge on any atom is -0.396 e. The first kappa shape index (κ1) is 6.67. The van der Waals surface area contributed by atoms with Gasteiger partial charge in [0.1, 0.15) is 0 Å². The third-order valence-corrected chi connectivity index (χ3v) is 1.95. The van der Waals surface area contributed by atoms with Crippen LogP contribution in [0.3, 0.4) is 0 Å². The molecule has 60 valence electrons. The van der Waals surface area contributed by atoms with Gasteiger partial charge in [0.15, 0.2) is 0 Å². The predicted molar refractivity (Wildman–Crippen MR) is 41.2 cm³/mol. The molecule has 0 atom stereocenters. The van der Waals surface area contributed by atoms with Crippen molar-refractivity contribution in [1.82, 2.24) is 9.78 Å². The fraction of sp³-hybridized carbons (Fsp3) is 0.571. The Morgan fingerprint density at radius 3 is 2.82 bits per heavy atom. The van der Waals surface area contributed by atoms with Crippen LogP contribution in [0.4, 0.5) is 5.69 Å². The number of nitrogens with zero attached hydrogens (tertiary/aromatic N) is 2. The lowest BCUT2D eigenvalue weighted by molar-refractivity contribution is -0.0287. The number of aryl methyl sites for hydroxylation is 1. The molecule has 1 aromatic heterocycles. The molecule has 0 amide bonds. The third-order valence-electron chi connectivity index (χ3n) is 1.95. The van der Waals surface area contributed by atoms with Crippen molar-refractivity contribution in [2.24, 2.45) is 0 Å². The molecule has 1 fully saturated rings. The first-order valence-electron chi connectivity index (χ1n) is 3.66. The predicted octanol–water partition coefficient (Wildman–Crippen LogP) is 0.345. The standard InChI is InChI=1S/C7H11N3O/c1-5-7(8)2-10(9-5)6-3-11-4-6/h2,6H,3-4,8H2,1H3. The molecule has 2 rings (SSSR count). The van der Waals surface area contributed by atoms with E-state index in [1.807, 2.05) is 17.8 Å². The van der Waals surface area contributed by atoms with Gasteiger partial charge in [-0.2, -0.15) is 5.10 Å². The number of rotatable bonds is 1. The largest absolute Gasteiger partial charge is 0.396 e. The zero-order valence-corrected chi connectivity index (χ0v) is 6.45. The number of aromatic nitrogens is 2. The highest BCUT2D eigenvalue weighted by atomic mass is 16.5. The average Bonchev–Trinajstić information content (AvgIpc) is 2.08. The molecule has 0 unspecified atom stereocenters. The van der Waals surface area contributed by atoms with Gasteiger partial charge in [-0.3, -0.25) is 4.68 Å². The van der Waals surface area contributed by atoms with Gasteiger partial charge in [-0.1, -0.05) is 0 Å². The molecule has 0 radical (unpaired) electrons. The highest BCUT2D eigenvalue weighted by molar-refractivity contribution is 5.39. The summed E-state index contributed by atoms with van der Waals surface area (Å²) in [5.41, 5.74) is 7.29. The van der Waals surface area contributed by atoms with Crippen LogP contribution in [-0.2, 0) is 4.74 Å². The first-order chi connectivity index (χ1) is 5.27. The molecule has 2 N–H and O–H groups in total. The smallest absolute Gasteiger partial charge is 0.0986 e. The van der Waals surface area contributed by atoms with Crippen LogP contribution in [0.15, 0.2) is 6.20 Å². The SMILES string of the molecule is Cc1nn(C2COC2)cc1N. The van der Waals surface area contributed by atoms with Gasteiger partial charge in [0.05, 0.1) is 30.6 Å². The summed E-state index contributed by atoms with van der Waals surface area (Å²) in [4.78, 5) is 0. The molecular weight excluding hydrogens is 142 g/mol. The quantitative estimate of drug-likeness (QED) is 0.633. The lowest BCUT2D eigenvalue weighted by atomic mass is 10.3. The molecule has 4 heteroatoms. The number of hydrogen-bond donors (Lipinski definition) is 1. The summed E-state index contributed by atoms with van der Waals surface area (Å²) in [6, 6.07) is 0.408. The zero-order valence-electron chi connectivity index (χ0n) is 6.45. The summed E-state index contributed by atoms with van der Waals surface area (Å²) in [7, 11) is 0. The minimum absolute atomic E-state index is 0.408. The molecule has 1 aliphatic rings. The van der Waals surface area contributed by atoms with Crippen LogP contribution in [0, 0.1) is 6.92 Å². The lowest BCUT2D eigenvalue weighted by Crippen LogP contribution is -2.30. The molecule has 11 heavy (non-hydrogen) atoms. The Balaban J connectivity index is 2.24. The number of hydrogen-bond acceptors (Lipinski definition) is 3. The molecule has 1 aromatic rings. The van der Waals surface area contributed by atoms with Gasteiger partial charge in [-0.25, -0.2) is 0 Å². The van der Waals surface area contributed by atoms with Crippen LogP contribution in [0.5, 0.6) is 0 Å². The average molecular weight is 153 g/mol. The fourth-order valence-electron chi connectivity index (χ4n) is 1.06. The van der Waals surface area contributed by atoms with Gasteiger partial charge in [0.25, 0.3) is 0 Å². The molecule has 4 nitrogen and oxygen atoms in total. The van der Waals surface area contributed by atoms with Crippen molar-refractivity contribution in [3.63, 3.8) is 0 Å². The summed E-state index contributed by atoms with van der Waals surface area (Å²) in [5.74, 6) is 0. The summed E-state index contributed by atoms with van der Waals surface area (Å²) in [6.45, 7) is 3.44. The van der Waals surface area contributed by atoms with Gasteiger partial charge >= 0.3 is 0 Å². The second-order valence-corrected chi connectivity index (χ2v) is 2.84. The van der Waals surface area contributed by atoms with Crippen LogP contribution in [0.25, 0.3) is 0 Å². The van der Waals surface area contributed by atoms with Gasteiger partial charge in [-0.05, 0) is 6.92 Å². The molecule has 2 heterocycles. The molecule has 0 saturated carbocycles. The van der Waals surface area contributed by atoms with Gasteiger partial charge < -0.3 is 10.5 Å². The van der Waals surface area contributed by atoms with E-state index in [1.165, 1.54) is 0 Å². The van der Waals surface area contributed by atoms with Crippen molar-refractivity contribution >= 4 is 5.69 Å². The Bertz CT molecular complexity index is 245. The van der Waals surface area contributed by atoms with E-state index in [0.717, 1.165) is 24.6 Å². The van der Waals surface area contributed by atoms with Crippen molar-refractivity contribution in [3.05, 3.63) is 11.9 Å². The van der Waals surface area contributed by atoms with E-state index in [-0.39, 0.29) is 0 Å². The molecule has 0 aromatic carbocycles. The van der Waals surface area contributed by atoms with Crippen molar-refractivity contribution in [2.45, 2.75) is 13.0 Å². The van der Waals surface area contributed by atoms with E-state index < -0.39 is 0 Å². The van der Waals surface area contributed by atoms with E-state index in [0.29, 0.717) is 6.04 Å². The molecule has 0 aliphatic carbocycles. The van der Waals surface area contributed by atoms with E-state index in [2.05, 4.69) is 5.10 Å². The number of nitrogen functional groups attached to an aromatic ring is 1. The van der Waals surface area contributed by atoms with Crippen molar-refractivity contribution in [3.8, 4) is 0 Å². The summed E-state index contributed by atoms with van der Waals surface area (Å²) < 4.78 is 6.92. The van der Waals surface area contributed by atoms with Crippen molar-refractivity contribution in [2.75, 3.05) is 18.9 Å². The van der Waals surface area contributed by atoms with Crippen LogP contribution in [0.1, 0.15) is 11.7 Å². The Morgan fingerprint density at radius 2 is 2.45 bits per heavy atom. The second kappa shape index (κ2) is 2.23. The molecule has 1 aliphatic heterocycles. The topological polar surface area (TPSA) is 53.1 Å². The zero-order chi connectivity index (χ0) is 7.84. The summed E-state index contributed by atoms with van der Waals surface area (Å²) in [6.07, 6.45) is 1.86. The van der Waals surface area contributed by atoms with Gasteiger partial charge in [0, 0.05) is 6.20 Å². The van der Waals surface area contributed by atoms with Gasteiger partial charge in [0.2, 0.25) is 0 Å². The Hall–Kier alpha value is -1.03. The van der Waals surface area contributed by atoms with Crippen LogP contribution in [-0.4, -0.2) is 23.0 Å². The van der Waals surface area contributed by atoms with Crippen LogP contribution >= 0.6 is 0 Å². The first-order valence-corrected chi connectivity index (χ1v) is 3.66. The molecule has 1 saturated heterocycles. The Labute approximate surface area is 64.9 Å². The van der Waals surface area contributed by atoms with E-state index in [4.69, 9.17) is 10.5 Å². The fourth-order valence-corrected chi connectivity index (χ4v) is 1.06. The number of ether oxygens (including phenoxy) is 1. The van der Waals surface area contributed by atoms with Gasteiger partial charge in [-0.15, -0.1) is 0 Å². The highest BCUT2D eigenvalue weighted by Gasteiger charge is 2.21. The van der Waals surface area contributed by atoms with E-state index >= 15 is 0 Å². The van der Waals surface area contributed by atoms with Crippen LogP contribution < -0.4 is 5.73 Å². The molecule has 0 spiro atoms. The molecule has 0 bridgehead atoms. The lowest BCUT2D eigenvalue weighted by Gasteiger charge is -2.25. The summed E-state index contributed by atoms with van der Waals surface area (Å²) >= 11 is 0. The third kappa shape index (κ3) is 0.991. The second-order valence-electron chi connectivity index (χ2n) is 2.84. The maximum absolute atomic E-state index is 5.63. The maximum Gasteiger partial charge on any atom is 0.0986 e. The minimum atomic E-state index is 0.408. The van der Waals surface area contributed by atoms with Crippen molar-refractivity contribution in [1.29, 1.82) is 0 Å². The Kier molecular flexibility index (Phi) is 1.35. The number of nitrogens with two attached hydrogens (primary N) is 1. The summed E-state index contributed by atoms with van der Waals surface area (Å²) in [5, 5.41) is 4.24.